The number of hydrogen-bond acceptors (Lipinski definition) is 4. The summed E-state index contributed by atoms with van der Waals surface area (Å²) in [5.41, 5.74) is 7.44. The zero-order valence-electron chi connectivity index (χ0n) is 11.9. The van der Waals surface area contributed by atoms with Crippen LogP contribution in [0, 0.1) is 12.8 Å². The van der Waals surface area contributed by atoms with E-state index >= 15 is 0 Å². The number of sulfonamides is 1. The van der Waals surface area contributed by atoms with Crippen molar-refractivity contribution in [2.45, 2.75) is 37.8 Å². The molecule has 20 heavy (non-hydrogen) atoms. The van der Waals surface area contributed by atoms with Crippen LogP contribution in [-0.2, 0) is 16.6 Å². The number of hydrogen-bond donors (Lipinski definition) is 2. The average molecular weight is 298 g/mol. The van der Waals surface area contributed by atoms with E-state index in [9.17, 15) is 13.5 Å². The van der Waals surface area contributed by atoms with Crippen LogP contribution in [0.15, 0.2) is 23.1 Å². The first-order chi connectivity index (χ1) is 9.36. The highest BCUT2D eigenvalue weighted by atomic mass is 32.2. The minimum absolute atomic E-state index is 0.0224. The third kappa shape index (κ3) is 2.88. The fourth-order valence-corrected chi connectivity index (χ4v) is 4.17. The Balaban J connectivity index is 2.25. The number of aliphatic hydroxyl groups excluding tert-OH is 1. The number of rotatable bonds is 4. The van der Waals surface area contributed by atoms with Crippen molar-refractivity contribution >= 4 is 10.0 Å². The number of aliphatic hydroxyl groups is 1. The summed E-state index contributed by atoms with van der Waals surface area (Å²) < 4.78 is 26.6. The van der Waals surface area contributed by atoms with Crippen LogP contribution >= 0.6 is 0 Å². The van der Waals surface area contributed by atoms with Crippen molar-refractivity contribution in [2.24, 2.45) is 11.7 Å². The summed E-state index contributed by atoms with van der Waals surface area (Å²) in [4.78, 5) is 0.304. The molecule has 2 atom stereocenters. The first-order valence-corrected chi connectivity index (χ1v) is 8.28. The maximum Gasteiger partial charge on any atom is 0.243 e. The van der Waals surface area contributed by atoms with Crippen LogP contribution < -0.4 is 5.73 Å². The fourth-order valence-electron chi connectivity index (χ4n) is 2.57. The zero-order chi connectivity index (χ0) is 14.9. The van der Waals surface area contributed by atoms with Crippen LogP contribution in [0.3, 0.4) is 0 Å². The first-order valence-electron chi connectivity index (χ1n) is 6.84. The maximum absolute atomic E-state index is 12.6. The van der Waals surface area contributed by atoms with E-state index in [1.54, 1.807) is 25.1 Å². The van der Waals surface area contributed by atoms with Gasteiger partial charge >= 0.3 is 0 Å². The lowest BCUT2D eigenvalue weighted by molar-refractivity contribution is 0.133. The van der Waals surface area contributed by atoms with Gasteiger partial charge in [0.2, 0.25) is 10.0 Å². The van der Waals surface area contributed by atoms with E-state index in [1.807, 2.05) is 6.92 Å². The molecule has 1 aliphatic heterocycles. The van der Waals surface area contributed by atoms with Crippen molar-refractivity contribution in [3.8, 4) is 0 Å². The molecule has 3 N–H and O–H groups in total. The van der Waals surface area contributed by atoms with Gasteiger partial charge in [-0.05, 0) is 49.4 Å². The van der Waals surface area contributed by atoms with Gasteiger partial charge in [0.25, 0.3) is 0 Å². The minimum Gasteiger partial charge on any atom is -0.393 e. The molecular formula is C14H22N2O3S. The van der Waals surface area contributed by atoms with Gasteiger partial charge in [0.15, 0.2) is 0 Å². The smallest absolute Gasteiger partial charge is 0.243 e. The van der Waals surface area contributed by atoms with Crippen molar-refractivity contribution < 1.29 is 13.5 Å². The third-order valence-corrected chi connectivity index (χ3v) is 5.90. The number of benzene rings is 1. The molecule has 0 spiro atoms. The van der Waals surface area contributed by atoms with E-state index in [-0.39, 0.29) is 5.92 Å². The standard InChI is InChI=1S/C14H22N2O3S/c1-10-7-14(4-3-12(10)8-15)20(18,19)16-6-5-13(9-16)11(2)17/h3-4,7,11,13,17H,5-6,8-9,15H2,1-2H3. The molecule has 112 valence electrons. The molecule has 0 aliphatic carbocycles. The molecule has 1 aromatic carbocycles. The molecule has 1 fully saturated rings. The molecular weight excluding hydrogens is 276 g/mol. The molecule has 1 aromatic rings. The van der Waals surface area contributed by atoms with Crippen LogP contribution in [-0.4, -0.2) is 37.0 Å². The summed E-state index contributed by atoms with van der Waals surface area (Å²) in [6, 6.07) is 5.05. The Bertz CT molecular complexity index is 584. The third-order valence-electron chi connectivity index (χ3n) is 4.04. The fraction of sp³-hybridized carbons (Fsp3) is 0.571. The minimum atomic E-state index is -3.47. The summed E-state index contributed by atoms with van der Waals surface area (Å²) in [7, 11) is -3.47. The molecule has 5 nitrogen and oxygen atoms in total. The van der Waals surface area contributed by atoms with Crippen LogP contribution in [0.2, 0.25) is 0 Å². The van der Waals surface area contributed by atoms with Gasteiger partial charge in [0.05, 0.1) is 11.0 Å². The van der Waals surface area contributed by atoms with Crippen molar-refractivity contribution in [3.05, 3.63) is 29.3 Å². The summed E-state index contributed by atoms with van der Waals surface area (Å²) in [5, 5.41) is 9.58. The number of nitrogens with zero attached hydrogens (tertiary/aromatic N) is 1. The quantitative estimate of drug-likeness (QED) is 0.863. The molecule has 1 saturated heterocycles. The normalized spacial score (nSPS) is 22.1. The topological polar surface area (TPSA) is 83.6 Å². The van der Waals surface area contributed by atoms with Gasteiger partial charge in [-0.15, -0.1) is 0 Å². The molecule has 2 unspecified atom stereocenters. The predicted octanol–water partition coefficient (Wildman–Crippen LogP) is 0.845. The van der Waals surface area contributed by atoms with E-state index in [0.717, 1.165) is 11.1 Å². The summed E-state index contributed by atoms with van der Waals surface area (Å²) in [6.45, 7) is 4.83. The molecule has 0 radical (unpaired) electrons. The molecule has 0 bridgehead atoms. The van der Waals surface area contributed by atoms with E-state index in [4.69, 9.17) is 5.73 Å². The molecule has 1 aliphatic rings. The number of nitrogens with two attached hydrogens (primary N) is 1. The summed E-state index contributed by atoms with van der Waals surface area (Å²) >= 11 is 0. The largest absolute Gasteiger partial charge is 0.393 e. The van der Waals surface area contributed by atoms with Gasteiger partial charge in [-0.1, -0.05) is 6.07 Å². The lowest BCUT2D eigenvalue weighted by Gasteiger charge is -2.18. The lowest BCUT2D eigenvalue weighted by atomic mass is 10.0. The van der Waals surface area contributed by atoms with E-state index in [1.165, 1.54) is 4.31 Å². The van der Waals surface area contributed by atoms with Gasteiger partial charge < -0.3 is 10.8 Å². The van der Waals surface area contributed by atoms with Gasteiger partial charge in [-0.2, -0.15) is 4.31 Å². The molecule has 6 heteroatoms. The highest BCUT2D eigenvalue weighted by Crippen LogP contribution is 2.27. The molecule has 0 amide bonds. The van der Waals surface area contributed by atoms with Gasteiger partial charge in [-0.3, -0.25) is 0 Å². The Labute approximate surface area is 120 Å². The second kappa shape index (κ2) is 5.81. The van der Waals surface area contributed by atoms with Crippen molar-refractivity contribution in [1.29, 1.82) is 0 Å². The van der Waals surface area contributed by atoms with Crippen molar-refractivity contribution in [2.75, 3.05) is 13.1 Å². The number of aryl methyl sites for hydroxylation is 1. The Kier molecular flexibility index (Phi) is 4.49. The van der Waals surface area contributed by atoms with E-state index in [0.29, 0.717) is 31.0 Å². The Hall–Kier alpha value is -0.950. The zero-order valence-corrected chi connectivity index (χ0v) is 12.7. The summed E-state index contributed by atoms with van der Waals surface area (Å²) in [6.07, 6.45) is 0.230. The highest BCUT2D eigenvalue weighted by molar-refractivity contribution is 7.89. The van der Waals surface area contributed by atoms with Crippen LogP contribution in [0.25, 0.3) is 0 Å². The Morgan fingerprint density at radius 3 is 2.70 bits per heavy atom. The van der Waals surface area contributed by atoms with Gasteiger partial charge in [0, 0.05) is 19.6 Å². The van der Waals surface area contributed by atoms with Crippen LogP contribution in [0.1, 0.15) is 24.5 Å². The first kappa shape index (κ1) is 15.4. The van der Waals surface area contributed by atoms with Crippen LogP contribution in [0.4, 0.5) is 0 Å². The van der Waals surface area contributed by atoms with Crippen molar-refractivity contribution in [3.63, 3.8) is 0 Å². The summed E-state index contributed by atoms with van der Waals surface area (Å²) in [5.74, 6) is 0.0224. The van der Waals surface area contributed by atoms with Crippen LogP contribution in [0.5, 0.6) is 0 Å². The van der Waals surface area contributed by atoms with E-state index in [2.05, 4.69) is 0 Å². The molecule has 2 rings (SSSR count). The Morgan fingerprint density at radius 2 is 2.20 bits per heavy atom. The van der Waals surface area contributed by atoms with Gasteiger partial charge in [0.1, 0.15) is 0 Å². The molecule has 0 saturated carbocycles. The monoisotopic (exact) mass is 298 g/mol. The average Bonchev–Trinajstić information content (AvgIpc) is 2.89. The maximum atomic E-state index is 12.6. The lowest BCUT2D eigenvalue weighted by Crippen LogP contribution is -2.30. The molecule has 1 heterocycles. The van der Waals surface area contributed by atoms with Crippen molar-refractivity contribution in [1.82, 2.24) is 4.31 Å². The molecule has 0 aromatic heterocycles. The Morgan fingerprint density at radius 1 is 1.50 bits per heavy atom. The van der Waals surface area contributed by atoms with E-state index < -0.39 is 16.1 Å². The second-order valence-corrected chi connectivity index (χ2v) is 7.38. The highest BCUT2D eigenvalue weighted by Gasteiger charge is 2.34. The second-order valence-electron chi connectivity index (χ2n) is 5.44. The van der Waals surface area contributed by atoms with Gasteiger partial charge in [-0.25, -0.2) is 8.42 Å². The predicted molar refractivity (Wildman–Crippen MR) is 77.6 cm³/mol. The SMILES string of the molecule is Cc1cc(S(=O)(=O)N2CCC(C(C)O)C2)ccc1CN.